The summed E-state index contributed by atoms with van der Waals surface area (Å²) in [7, 11) is 0. The Morgan fingerprint density at radius 3 is 2.70 bits per heavy atom. The number of benzene rings is 1. The number of nitrogens with zero attached hydrogens (tertiary/aromatic N) is 3. The first-order valence-electron chi connectivity index (χ1n) is 7.24. The number of aromatic nitrogens is 2. The quantitative estimate of drug-likeness (QED) is 0.739. The first-order chi connectivity index (χ1) is 11.0. The molecule has 0 unspecified atom stereocenters. The summed E-state index contributed by atoms with van der Waals surface area (Å²) in [6, 6.07) is 3.71. The minimum Gasteiger partial charge on any atom is -0.352 e. The summed E-state index contributed by atoms with van der Waals surface area (Å²) < 4.78 is 39.7. The molecule has 1 N–H and O–H groups in total. The van der Waals surface area contributed by atoms with Gasteiger partial charge in [0.2, 0.25) is 0 Å². The Kier molecular flexibility index (Phi) is 3.38. The lowest BCUT2D eigenvalue weighted by atomic mass is 10.1. The van der Waals surface area contributed by atoms with Crippen molar-refractivity contribution in [3.8, 4) is 0 Å². The van der Waals surface area contributed by atoms with Gasteiger partial charge in [0.1, 0.15) is 5.52 Å². The zero-order chi connectivity index (χ0) is 16.0. The highest BCUT2D eigenvalue weighted by Crippen LogP contribution is 2.37. The fourth-order valence-electron chi connectivity index (χ4n) is 2.85. The zero-order valence-corrected chi connectivity index (χ0v) is 12.8. The van der Waals surface area contributed by atoms with E-state index in [1.54, 1.807) is 5.51 Å². The molecular weight excluding hydrogens is 325 g/mol. The molecule has 1 aromatic carbocycles. The van der Waals surface area contributed by atoms with Crippen LogP contribution in [0, 0.1) is 0 Å². The van der Waals surface area contributed by atoms with Gasteiger partial charge in [0.15, 0.2) is 5.82 Å². The molecule has 4 rings (SSSR count). The van der Waals surface area contributed by atoms with E-state index in [0.717, 1.165) is 42.8 Å². The van der Waals surface area contributed by atoms with Crippen molar-refractivity contribution in [1.82, 2.24) is 15.3 Å². The maximum absolute atomic E-state index is 13.0. The highest BCUT2D eigenvalue weighted by molar-refractivity contribution is 7.17. The number of halogens is 3. The molecule has 0 aliphatic carbocycles. The van der Waals surface area contributed by atoms with E-state index in [4.69, 9.17) is 0 Å². The van der Waals surface area contributed by atoms with Crippen LogP contribution in [0.15, 0.2) is 23.7 Å². The summed E-state index contributed by atoms with van der Waals surface area (Å²) in [6.07, 6.45) is -4.36. The van der Waals surface area contributed by atoms with E-state index >= 15 is 0 Å². The lowest BCUT2D eigenvalue weighted by Crippen LogP contribution is -2.44. The van der Waals surface area contributed by atoms with Crippen molar-refractivity contribution in [2.75, 3.05) is 31.1 Å². The molecule has 3 aromatic rings. The Morgan fingerprint density at radius 2 is 1.96 bits per heavy atom. The van der Waals surface area contributed by atoms with E-state index in [-0.39, 0.29) is 0 Å². The number of thiazole rings is 1. The number of nitrogens with one attached hydrogen (secondary N) is 1. The van der Waals surface area contributed by atoms with Crippen LogP contribution in [0.5, 0.6) is 0 Å². The standard InChI is InChI=1S/C15H13F3N4S/c16-15(17,18)9-1-2-11-10(7-9)13-12(20-8-23-13)14(21-11)22-5-3-19-4-6-22/h1-2,7-8,19H,3-6H2. The van der Waals surface area contributed by atoms with Gasteiger partial charge in [0, 0.05) is 31.6 Å². The molecule has 0 radical (unpaired) electrons. The van der Waals surface area contributed by atoms with Gasteiger partial charge >= 0.3 is 6.18 Å². The van der Waals surface area contributed by atoms with E-state index in [2.05, 4.69) is 20.2 Å². The molecule has 0 amide bonds. The number of rotatable bonds is 1. The summed E-state index contributed by atoms with van der Waals surface area (Å²) in [4.78, 5) is 11.1. The SMILES string of the molecule is FC(F)(F)c1ccc2nc(N3CCNCC3)c3ncsc3c2c1. The van der Waals surface area contributed by atoms with Crippen LogP contribution >= 0.6 is 11.3 Å². The third-order valence-corrected chi connectivity index (χ3v) is 4.85. The number of pyridine rings is 1. The fraction of sp³-hybridized carbons (Fsp3) is 0.333. The van der Waals surface area contributed by atoms with Crippen molar-refractivity contribution in [2.24, 2.45) is 0 Å². The normalized spacial score (nSPS) is 16.4. The number of piperazine rings is 1. The van der Waals surface area contributed by atoms with Crippen molar-refractivity contribution >= 4 is 38.3 Å². The van der Waals surface area contributed by atoms with Crippen LogP contribution in [0.3, 0.4) is 0 Å². The zero-order valence-electron chi connectivity index (χ0n) is 12.0. The second kappa shape index (κ2) is 5.31. The molecular formula is C15H13F3N4S. The third kappa shape index (κ3) is 2.51. The Morgan fingerprint density at radius 1 is 1.17 bits per heavy atom. The highest BCUT2D eigenvalue weighted by atomic mass is 32.1. The molecule has 0 spiro atoms. The predicted molar refractivity (Wildman–Crippen MR) is 85.0 cm³/mol. The second-order valence-corrected chi connectivity index (χ2v) is 6.29. The maximum atomic E-state index is 13.0. The van der Waals surface area contributed by atoms with E-state index in [9.17, 15) is 13.2 Å². The van der Waals surface area contributed by atoms with E-state index in [0.29, 0.717) is 16.4 Å². The first-order valence-corrected chi connectivity index (χ1v) is 8.12. The van der Waals surface area contributed by atoms with Crippen molar-refractivity contribution in [3.63, 3.8) is 0 Å². The van der Waals surface area contributed by atoms with E-state index in [1.165, 1.54) is 23.5 Å². The van der Waals surface area contributed by atoms with Gasteiger partial charge in [-0.25, -0.2) is 9.97 Å². The number of alkyl halides is 3. The fourth-order valence-corrected chi connectivity index (χ4v) is 3.66. The summed E-state index contributed by atoms with van der Waals surface area (Å²) in [5.74, 6) is 0.759. The van der Waals surface area contributed by atoms with Gasteiger partial charge in [-0.05, 0) is 18.2 Å². The van der Waals surface area contributed by atoms with Gasteiger partial charge in [-0.2, -0.15) is 13.2 Å². The molecule has 1 aliphatic heterocycles. The van der Waals surface area contributed by atoms with Crippen LogP contribution < -0.4 is 10.2 Å². The van der Waals surface area contributed by atoms with Gasteiger partial charge < -0.3 is 10.2 Å². The number of hydrogen-bond donors (Lipinski definition) is 1. The van der Waals surface area contributed by atoms with Crippen LogP contribution in [0.4, 0.5) is 19.0 Å². The van der Waals surface area contributed by atoms with E-state index in [1.807, 2.05) is 0 Å². The molecule has 23 heavy (non-hydrogen) atoms. The van der Waals surface area contributed by atoms with Gasteiger partial charge in [0.25, 0.3) is 0 Å². The van der Waals surface area contributed by atoms with Gasteiger partial charge in [-0.3, -0.25) is 0 Å². The number of fused-ring (bicyclic) bond motifs is 3. The molecule has 8 heteroatoms. The van der Waals surface area contributed by atoms with Gasteiger partial charge in [-0.15, -0.1) is 11.3 Å². The molecule has 0 atom stereocenters. The predicted octanol–water partition coefficient (Wildman–Crippen LogP) is 3.27. The topological polar surface area (TPSA) is 41.1 Å². The Labute approximate surface area is 133 Å². The number of anilines is 1. The largest absolute Gasteiger partial charge is 0.416 e. The highest BCUT2D eigenvalue weighted by Gasteiger charge is 2.31. The molecule has 2 aromatic heterocycles. The molecule has 0 bridgehead atoms. The average molecular weight is 338 g/mol. The van der Waals surface area contributed by atoms with Crippen molar-refractivity contribution < 1.29 is 13.2 Å². The van der Waals surface area contributed by atoms with Crippen LogP contribution in [0.1, 0.15) is 5.56 Å². The Bertz CT molecular complexity index is 868. The third-order valence-electron chi connectivity index (χ3n) is 3.99. The first kappa shape index (κ1) is 14.6. The molecule has 120 valence electrons. The van der Waals surface area contributed by atoms with Crippen LogP contribution in [-0.4, -0.2) is 36.1 Å². The van der Waals surface area contributed by atoms with Gasteiger partial charge in [-0.1, -0.05) is 0 Å². The molecule has 3 heterocycles. The Balaban J connectivity index is 1.94. The molecule has 0 saturated carbocycles. The van der Waals surface area contributed by atoms with Crippen molar-refractivity contribution in [3.05, 3.63) is 29.3 Å². The second-order valence-electron chi connectivity index (χ2n) is 5.43. The van der Waals surface area contributed by atoms with Crippen LogP contribution in [-0.2, 0) is 6.18 Å². The van der Waals surface area contributed by atoms with Crippen molar-refractivity contribution in [1.29, 1.82) is 0 Å². The summed E-state index contributed by atoms with van der Waals surface area (Å²) in [6.45, 7) is 3.34. The molecule has 1 fully saturated rings. The summed E-state index contributed by atoms with van der Waals surface area (Å²) >= 11 is 1.35. The minimum absolute atomic E-state index is 0.510. The molecule has 1 saturated heterocycles. The van der Waals surface area contributed by atoms with Crippen molar-refractivity contribution in [2.45, 2.75) is 6.18 Å². The molecule has 4 nitrogen and oxygen atoms in total. The van der Waals surface area contributed by atoms with Gasteiger partial charge in [0.05, 0.1) is 21.3 Å². The minimum atomic E-state index is -4.36. The molecule has 1 aliphatic rings. The monoisotopic (exact) mass is 338 g/mol. The van der Waals surface area contributed by atoms with Crippen LogP contribution in [0.25, 0.3) is 21.1 Å². The number of hydrogen-bond acceptors (Lipinski definition) is 5. The summed E-state index contributed by atoms with van der Waals surface area (Å²) in [5.41, 5.74) is 2.26. The lowest BCUT2D eigenvalue weighted by molar-refractivity contribution is -0.137. The lowest BCUT2D eigenvalue weighted by Gasteiger charge is -2.28. The van der Waals surface area contributed by atoms with E-state index < -0.39 is 11.7 Å². The average Bonchev–Trinajstić information content (AvgIpc) is 3.03. The summed E-state index contributed by atoms with van der Waals surface area (Å²) in [5, 5.41) is 3.79. The van der Waals surface area contributed by atoms with Crippen LogP contribution in [0.2, 0.25) is 0 Å². The maximum Gasteiger partial charge on any atom is 0.416 e. The smallest absolute Gasteiger partial charge is 0.352 e. The Hall–Kier alpha value is -1.93.